The molecule has 0 aliphatic carbocycles. The van der Waals surface area contributed by atoms with E-state index in [0.29, 0.717) is 25.9 Å². The number of nitrogens with zero attached hydrogens (tertiary/aromatic N) is 1. The second-order valence-corrected chi connectivity index (χ2v) is 10.8. The van der Waals surface area contributed by atoms with Gasteiger partial charge in [-0.1, -0.05) is 0 Å². The molecule has 1 saturated heterocycles. The average molecular weight is 475 g/mol. The Bertz CT molecular complexity index is 923. The highest BCUT2D eigenvalue weighted by molar-refractivity contribution is 7.90. The van der Waals surface area contributed by atoms with E-state index in [1.165, 1.54) is 6.07 Å². The van der Waals surface area contributed by atoms with Crippen molar-refractivity contribution in [3.05, 3.63) is 24.0 Å². The number of rotatable bonds is 6. The van der Waals surface area contributed by atoms with Crippen LogP contribution in [0.2, 0.25) is 0 Å². The number of carbonyl (C=O) groups excluding carboxylic acids is 2. The SMILES string of the molecule is CC(COC(=O)Nc1ccc(S(C)(=O)=O)cc1F)OC1CCN(C(=O)OC(C)(C)C)CC1. The van der Waals surface area contributed by atoms with Crippen molar-refractivity contribution in [3.8, 4) is 0 Å². The number of ether oxygens (including phenoxy) is 3. The number of likely N-dealkylation sites (tertiary alicyclic amines) is 1. The van der Waals surface area contributed by atoms with E-state index >= 15 is 0 Å². The Hall–Kier alpha value is -2.40. The summed E-state index contributed by atoms with van der Waals surface area (Å²) in [5, 5.41) is 2.24. The molecule has 1 N–H and O–H groups in total. The van der Waals surface area contributed by atoms with Crippen molar-refractivity contribution < 1.29 is 36.6 Å². The third kappa shape index (κ3) is 8.27. The maximum absolute atomic E-state index is 14.0. The Kier molecular flexibility index (Phi) is 8.47. The summed E-state index contributed by atoms with van der Waals surface area (Å²) in [4.78, 5) is 25.5. The van der Waals surface area contributed by atoms with Crippen molar-refractivity contribution in [1.29, 1.82) is 0 Å². The summed E-state index contributed by atoms with van der Waals surface area (Å²) in [6, 6.07) is 3.19. The number of hydrogen-bond acceptors (Lipinski definition) is 7. The van der Waals surface area contributed by atoms with Crippen molar-refractivity contribution in [2.75, 3.05) is 31.3 Å². The molecule has 1 heterocycles. The Morgan fingerprint density at radius 1 is 1.25 bits per heavy atom. The van der Waals surface area contributed by atoms with Crippen molar-refractivity contribution in [1.82, 2.24) is 4.90 Å². The van der Waals surface area contributed by atoms with Gasteiger partial charge in [-0.2, -0.15) is 0 Å². The maximum atomic E-state index is 14.0. The number of hydrogen-bond donors (Lipinski definition) is 1. The number of halogens is 1. The van der Waals surface area contributed by atoms with E-state index < -0.39 is 33.5 Å². The zero-order valence-electron chi connectivity index (χ0n) is 19.0. The van der Waals surface area contributed by atoms with Crippen LogP contribution in [0.5, 0.6) is 0 Å². The van der Waals surface area contributed by atoms with E-state index in [4.69, 9.17) is 14.2 Å². The largest absolute Gasteiger partial charge is 0.447 e. The highest BCUT2D eigenvalue weighted by Gasteiger charge is 2.28. The number of benzene rings is 1. The van der Waals surface area contributed by atoms with E-state index in [0.717, 1.165) is 18.4 Å². The van der Waals surface area contributed by atoms with E-state index in [1.807, 2.05) is 20.8 Å². The minimum atomic E-state index is -3.55. The fraction of sp³-hybridized carbons (Fsp3) is 0.619. The lowest BCUT2D eigenvalue weighted by Crippen LogP contribution is -2.44. The van der Waals surface area contributed by atoms with Gasteiger partial charge in [0.25, 0.3) is 0 Å². The van der Waals surface area contributed by atoms with Gasteiger partial charge in [0.2, 0.25) is 0 Å². The number of amides is 2. The fourth-order valence-electron chi connectivity index (χ4n) is 3.04. The normalized spacial score (nSPS) is 16.4. The Balaban J connectivity index is 1.74. The monoisotopic (exact) mass is 474 g/mol. The van der Waals surface area contributed by atoms with E-state index in [1.54, 1.807) is 11.8 Å². The fourth-order valence-corrected chi connectivity index (χ4v) is 3.67. The predicted octanol–water partition coefficient (Wildman–Crippen LogP) is 3.58. The van der Waals surface area contributed by atoms with E-state index in [2.05, 4.69) is 5.32 Å². The topological polar surface area (TPSA) is 111 Å². The molecule has 0 saturated carbocycles. The molecule has 1 fully saturated rings. The summed E-state index contributed by atoms with van der Waals surface area (Å²) in [5.74, 6) is -0.883. The quantitative estimate of drug-likeness (QED) is 0.671. The molecule has 0 radical (unpaired) electrons. The van der Waals surface area contributed by atoms with Crippen LogP contribution in [-0.4, -0.2) is 69.3 Å². The summed E-state index contributed by atoms with van der Waals surface area (Å²) in [6.07, 6.45) is 0.507. The number of carbonyl (C=O) groups is 2. The van der Waals surface area contributed by atoms with Crippen molar-refractivity contribution in [3.63, 3.8) is 0 Å². The molecule has 32 heavy (non-hydrogen) atoms. The number of nitrogens with one attached hydrogen (secondary N) is 1. The van der Waals surface area contributed by atoms with Crippen LogP contribution in [0.3, 0.4) is 0 Å². The molecule has 9 nitrogen and oxygen atoms in total. The molecule has 1 aliphatic heterocycles. The first-order chi connectivity index (χ1) is 14.7. The van der Waals surface area contributed by atoms with Gasteiger partial charge >= 0.3 is 12.2 Å². The van der Waals surface area contributed by atoms with Gasteiger partial charge in [-0.25, -0.2) is 22.4 Å². The average Bonchev–Trinajstić information content (AvgIpc) is 2.66. The van der Waals surface area contributed by atoms with Crippen LogP contribution >= 0.6 is 0 Å². The highest BCUT2D eigenvalue weighted by atomic mass is 32.2. The third-order valence-electron chi connectivity index (χ3n) is 4.57. The van der Waals surface area contributed by atoms with Crippen LogP contribution in [0.1, 0.15) is 40.5 Å². The first-order valence-corrected chi connectivity index (χ1v) is 12.2. The molecule has 1 aromatic rings. The molecule has 11 heteroatoms. The Labute approximate surface area is 188 Å². The summed E-state index contributed by atoms with van der Waals surface area (Å²) < 4.78 is 53.2. The molecular weight excluding hydrogens is 443 g/mol. The minimum absolute atomic E-state index is 0.0544. The van der Waals surface area contributed by atoms with Crippen molar-refractivity contribution in [2.45, 2.75) is 63.2 Å². The zero-order chi connectivity index (χ0) is 24.1. The van der Waals surface area contributed by atoms with Gasteiger partial charge in [-0.3, -0.25) is 5.32 Å². The zero-order valence-corrected chi connectivity index (χ0v) is 19.8. The Morgan fingerprint density at radius 2 is 1.88 bits per heavy atom. The lowest BCUT2D eigenvalue weighted by atomic mass is 10.1. The first-order valence-electron chi connectivity index (χ1n) is 10.3. The molecule has 180 valence electrons. The molecule has 2 rings (SSSR count). The highest BCUT2D eigenvalue weighted by Crippen LogP contribution is 2.20. The number of piperidine rings is 1. The lowest BCUT2D eigenvalue weighted by Gasteiger charge is -2.34. The van der Waals surface area contributed by atoms with Crippen LogP contribution in [0.15, 0.2) is 23.1 Å². The predicted molar refractivity (Wildman–Crippen MR) is 116 cm³/mol. The van der Waals surface area contributed by atoms with Crippen LogP contribution in [0, 0.1) is 5.82 Å². The molecule has 0 bridgehead atoms. The molecule has 0 aromatic heterocycles. The van der Waals surface area contributed by atoms with Gasteiger partial charge in [0.1, 0.15) is 18.0 Å². The lowest BCUT2D eigenvalue weighted by molar-refractivity contribution is -0.0574. The molecule has 0 spiro atoms. The maximum Gasteiger partial charge on any atom is 0.411 e. The van der Waals surface area contributed by atoms with Crippen molar-refractivity contribution in [2.24, 2.45) is 0 Å². The Morgan fingerprint density at radius 3 is 2.41 bits per heavy atom. The van der Waals surface area contributed by atoms with E-state index in [-0.39, 0.29) is 29.4 Å². The van der Waals surface area contributed by atoms with Crippen molar-refractivity contribution >= 4 is 27.7 Å². The smallest absolute Gasteiger partial charge is 0.411 e. The molecular formula is C21H31FN2O7S. The third-order valence-corrected chi connectivity index (χ3v) is 5.68. The second kappa shape index (κ2) is 10.5. The molecule has 1 aromatic carbocycles. The van der Waals surface area contributed by atoms with Crippen LogP contribution in [0.25, 0.3) is 0 Å². The van der Waals surface area contributed by atoms with Gasteiger partial charge in [0.15, 0.2) is 9.84 Å². The van der Waals surface area contributed by atoms with Gasteiger partial charge < -0.3 is 19.1 Å². The summed E-state index contributed by atoms with van der Waals surface area (Å²) in [7, 11) is -3.55. The standard InChI is InChI=1S/C21H31FN2O7S/c1-14(30-15-8-10-24(11-9-15)20(26)31-21(2,3)4)13-29-19(25)23-18-7-6-16(12-17(18)22)32(5,27)28/h6-7,12,14-15H,8-11,13H2,1-5H3,(H,23,25). The van der Waals surface area contributed by atoms with Crippen LogP contribution in [0.4, 0.5) is 19.7 Å². The van der Waals surface area contributed by atoms with Gasteiger partial charge in [0, 0.05) is 19.3 Å². The first kappa shape index (κ1) is 25.9. The molecule has 1 unspecified atom stereocenters. The number of sulfone groups is 1. The minimum Gasteiger partial charge on any atom is -0.447 e. The number of anilines is 1. The van der Waals surface area contributed by atoms with Crippen LogP contribution < -0.4 is 5.32 Å². The summed E-state index contributed by atoms with van der Waals surface area (Å²) >= 11 is 0. The van der Waals surface area contributed by atoms with E-state index in [9.17, 15) is 22.4 Å². The second-order valence-electron chi connectivity index (χ2n) is 8.75. The van der Waals surface area contributed by atoms with Crippen LogP contribution in [-0.2, 0) is 24.0 Å². The molecule has 2 amide bonds. The molecule has 1 atom stereocenters. The van der Waals surface area contributed by atoms with Gasteiger partial charge in [-0.15, -0.1) is 0 Å². The van der Waals surface area contributed by atoms with Gasteiger partial charge in [0.05, 0.1) is 22.8 Å². The molecule has 1 aliphatic rings. The summed E-state index contributed by atoms with van der Waals surface area (Å²) in [5.41, 5.74) is -0.735. The summed E-state index contributed by atoms with van der Waals surface area (Å²) in [6.45, 7) is 8.16. The van der Waals surface area contributed by atoms with Gasteiger partial charge in [-0.05, 0) is 58.7 Å².